The first-order chi connectivity index (χ1) is 15.4. The smallest absolute Gasteiger partial charge is 0.271 e. The van der Waals surface area contributed by atoms with Crippen LogP contribution in [0.5, 0.6) is 5.75 Å². The van der Waals surface area contributed by atoms with Gasteiger partial charge in [-0.3, -0.25) is 14.0 Å². The van der Waals surface area contributed by atoms with E-state index in [9.17, 15) is 9.59 Å². The number of benzene rings is 2. The van der Waals surface area contributed by atoms with Crippen LogP contribution < -0.4 is 10.5 Å². The van der Waals surface area contributed by atoms with Crippen LogP contribution in [0.3, 0.4) is 0 Å². The van der Waals surface area contributed by atoms with E-state index in [1.54, 1.807) is 25.1 Å². The number of methoxy groups -OCH3 is 1. The summed E-state index contributed by atoms with van der Waals surface area (Å²) in [7, 11) is 3.28. The average molecular weight is 494 g/mol. The zero-order valence-electron chi connectivity index (χ0n) is 17.4. The van der Waals surface area contributed by atoms with Crippen LogP contribution in [0.4, 0.5) is 0 Å². The van der Waals surface area contributed by atoms with Crippen LogP contribution in [0, 0.1) is 0 Å². The van der Waals surface area contributed by atoms with E-state index in [2.05, 4.69) is 25.9 Å². The molecule has 0 atom stereocenters. The summed E-state index contributed by atoms with van der Waals surface area (Å²) in [6.07, 6.45) is 1.39. The molecule has 0 radical (unpaired) electrons. The molecule has 0 aliphatic rings. The summed E-state index contributed by atoms with van der Waals surface area (Å²) in [5.41, 5.74) is 8.21. The van der Waals surface area contributed by atoms with Crippen molar-refractivity contribution in [3.63, 3.8) is 0 Å². The first kappa shape index (κ1) is 21.5. The van der Waals surface area contributed by atoms with Gasteiger partial charge in [0.2, 0.25) is 0 Å². The van der Waals surface area contributed by atoms with E-state index < -0.39 is 5.91 Å². The summed E-state index contributed by atoms with van der Waals surface area (Å²) in [5, 5.41) is 0. The third-order valence-corrected chi connectivity index (χ3v) is 5.51. The van der Waals surface area contributed by atoms with Crippen molar-refractivity contribution in [2.75, 3.05) is 14.2 Å². The minimum atomic E-state index is -0.712. The van der Waals surface area contributed by atoms with Gasteiger partial charge < -0.3 is 15.4 Å². The van der Waals surface area contributed by atoms with Crippen molar-refractivity contribution in [1.82, 2.24) is 19.3 Å². The predicted octanol–water partition coefficient (Wildman–Crippen LogP) is 3.54. The number of nitrogens with zero attached hydrogens (tertiary/aromatic N) is 4. The molecule has 4 aromatic rings. The summed E-state index contributed by atoms with van der Waals surface area (Å²) in [6, 6.07) is 16.7. The Kier molecular flexibility index (Phi) is 5.91. The molecule has 0 saturated heterocycles. The highest BCUT2D eigenvalue weighted by Crippen LogP contribution is 2.26. The van der Waals surface area contributed by atoms with Gasteiger partial charge in [-0.15, -0.1) is 0 Å². The number of hydrogen-bond acceptors (Lipinski definition) is 5. The Hall–Kier alpha value is -3.72. The number of halogens is 1. The zero-order valence-corrected chi connectivity index (χ0v) is 19.0. The number of carbonyl (C=O) groups is 2. The van der Waals surface area contributed by atoms with Crippen molar-refractivity contribution in [2.24, 2.45) is 5.73 Å². The van der Waals surface area contributed by atoms with Crippen molar-refractivity contribution >= 4 is 33.4 Å². The van der Waals surface area contributed by atoms with Crippen LogP contribution in [-0.4, -0.2) is 45.2 Å². The maximum absolute atomic E-state index is 13.5. The van der Waals surface area contributed by atoms with Crippen LogP contribution in [0.15, 0.2) is 65.4 Å². The molecule has 0 spiro atoms. The second-order valence-electron chi connectivity index (χ2n) is 7.16. The lowest BCUT2D eigenvalue weighted by molar-refractivity contribution is 0.0776. The van der Waals surface area contributed by atoms with E-state index in [0.29, 0.717) is 23.7 Å². The van der Waals surface area contributed by atoms with Gasteiger partial charge in [0.1, 0.15) is 17.8 Å². The van der Waals surface area contributed by atoms with Crippen molar-refractivity contribution in [2.45, 2.75) is 6.54 Å². The van der Waals surface area contributed by atoms with Gasteiger partial charge in [-0.2, -0.15) is 0 Å². The van der Waals surface area contributed by atoms with Crippen molar-refractivity contribution in [1.29, 1.82) is 0 Å². The van der Waals surface area contributed by atoms with E-state index in [1.807, 2.05) is 48.5 Å². The maximum atomic E-state index is 13.5. The van der Waals surface area contributed by atoms with E-state index in [4.69, 9.17) is 10.5 Å². The average Bonchev–Trinajstić information content (AvgIpc) is 3.23. The lowest BCUT2D eigenvalue weighted by atomic mass is 10.1. The Labute approximate surface area is 192 Å². The van der Waals surface area contributed by atoms with E-state index in [1.165, 1.54) is 10.7 Å². The monoisotopic (exact) mass is 493 g/mol. The summed E-state index contributed by atoms with van der Waals surface area (Å²) in [4.78, 5) is 35.6. The fourth-order valence-corrected chi connectivity index (χ4v) is 3.87. The molecule has 0 aliphatic carbocycles. The molecule has 0 bridgehead atoms. The normalized spacial score (nSPS) is 10.8. The van der Waals surface area contributed by atoms with E-state index in [-0.39, 0.29) is 17.2 Å². The van der Waals surface area contributed by atoms with Crippen LogP contribution in [0.25, 0.3) is 16.9 Å². The van der Waals surface area contributed by atoms with Crippen molar-refractivity contribution in [3.05, 3.63) is 82.3 Å². The molecule has 9 heteroatoms. The quantitative estimate of drug-likeness (QED) is 0.442. The lowest BCUT2D eigenvalue weighted by Gasteiger charge is -2.20. The molecule has 2 amide bonds. The molecule has 0 unspecified atom stereocenters. The summed E-state index contributed by atoms with van der Waals surface area (Å²) in [6.45, 7) is 0.309. The number of primary amides is 1. The number of imidazole rings is 1. The molecule has 0 aliphatic heterocycles. The fraction of sp³-hybridized carbons (Fsp3) is 0.130. The predicted molar refractivity (Wildman–Crippen MR) is 123 cm³/mol. The minimum absolute atomic E-state index is 0.00754. The van der Waals surface area contributed by atoms with Crippen LogP contribution in [0.2, 0.25) is 0 Å². The molecule has 4 rings (SSSR count). The minimum Gasteiger partial charge on any atom is -0.496 e. The largest absolute Gasteiger partial charge is 0.496 e. The Morgan fingerprint density at radius 1 is 1.16 bits per heavy atom. The Balaban J connectivity index is 1.80. The van der Waals surface area contributed by atoms with Gasteiger partial charge in [0.25, 0.3) is 11.8 Å². The standard InChI is InChI=1S/C23H20BrN5O3/c1-28(12-15-10-16(24)8-9-19(15)32-2)23(31)18-11-17(14-6-4-3-5-7-14)27-22-20(21(25)30)26-13-29(18)22/h3-11,13H,12H2,1-2H3,(H2,25,30). The highest BCUT2D eigenvalue weighted by Gasteiger charge is 2.22. The maximum Gasteiger partial charge on any atom is 0.271 e. The van der Waals surface area contributed by atoms with Gasteiger partial charge in [-0.1, -0.05) is 46.3 Å². The molecule has 2 N–H and O–H groups in total. The van der Waals surface area contributed by atoms with Crippen LogP contribution >= 0.6 is 15.9 Å². The molecule has 2 aromatic heterocycles. The van der Waals surface area contributed by atoms with Gasteiger partial charge in [0, 0.05) is 29.2 Å². The Bertz CT molecular complexity index is 1320. The third kappa shape index (κ3) is 4.06. The van der Waals surface area contributed by atoms with E-state index in [0.717, 1.165) is 15.6 Å². The number of amides is 2. The molecule has 8 nitrogen and oxygen atoms in total. The van der Waals surface area contributed by atoms with Gasteiger partial charge in [0.15, 0.2) is 11.3 Å². The Morgan fingerprint density at radius 2 is 1.91 bits per heavy atom. The second-order valence-corrected chi connectivity index (χ2v) is 8.08. The molecule has 0 fully saturated rings. The zero-order chi connectivity index (χ0) is 22.8. The first-order valence-electron chi connectivity index (χ1n) is 9.70. The third-order valence-electron chi connectivity index (χ3n) is 5.02. The van der Waals surface area contributed by atoms with Gasteiger partial charge >= 0.3 is 0 Å². The number of ether oxygens (including phenoxy) is 1. The first-order valence-corrected chi connectivity index (χ1v) is 10.5. The summed E-state index contributed by atoms with van der Waals surface area (Å²) >= 11 is 3.46. The highest BCUT2D eigenvalue weighted by atomic mass is 79.9. The molecular formula is C23H20BrN5O3. The lowest BCUT2D eigenvalue weighted by Crippen LogP contribution is -2.28. The molecular weight excluding hydrogens is 474 g/mol. The van der Waals surface area contributed by atoms with Crippen molar-refractivity contribution in [3.8, 4) is 17.0 Å². The summed E-state index contributed by atoms with van der Waals surface area (Å²) in [5.74, 6) is -0.308. The Morgan fingerprint density at radius 3 is 2.59 bits per heavy atom. The number of hydrogen-bond donors (Lipinski definition) is 1. The molecule has 2 heterocycles. The van der Waals surface area contributed by atoms with Gasteiger partial charge in [-0.25, -0.2) is 9.97 Å². The molecule has 2 aromatic carbocycles. The fourth-order valence-electron chi connectivity index (χ4n) is 3.46. The molecule has 0 saturated carbocycles. The number of rotatable bonds is 6. The second kappa shape index (κ2) is 8.80. The highest BCUT2D eigenvalue weighted by molar-refractivity contribution is 9.10. The van der Waals surface area contributed by atoms with Crippen LogP contribution in [0.1, 0.15) is 26.5 Å². The van der Waals surface area contributed by atoms with E-state index >= 15 is 0 Å². The van der Waals surface area contributed by atoms with Gasteiger partial charge in [0.05, 0.1) is 12.8 Å². The molecule has 32 heavy (non-hydrogen) atoms. The van der Waals surface area contributed by atoms with Gasteiger partial charge in [-0.05, 0) is 24.3 Å². The number of aromatic nitrogens is 3. The SMILES string of the molecule is COc1ccc(Br)cc1CN(C)C(=O)c1cc(-c2ccccc2)nc2c(C(N)=O)ncn12. The topological polar surface area (TPSA) is 103 Å². The van der Waals surface area contributed by atoms with Crippen LogP contribution in [-0.2, 0) is 6.54 Å². The number of fused-ring (bicyclic) bond motifs is 1. The summed E-state index contributed by atoms with van der Waals surface area (Å²) < 4.78 is 7.80. The number of nitrogens with two attached hydrogens (primary N) is 1. The molecule has 162 valence electrons. The van der Waals surface area contributed by atoms with Crippen molar-refractivity contribution < 1.29 is 14.3 Å². The number of carbonyl (C=O) groups excluding carboxylic acids is 2.